The molecule has 9 heteroatoms. The predicted molar refractivity (Wildman–Crippen MR) is 128 cm³/mol. The Kier molecular flexibility index (Phi) is 6.56. The average molecular weight is 466 g/mol. The molecule has 34 heavy (non-hydrogen) atoms. The van der Waals surface area contributed by atoms with Gasteiger partial charge in [0.05, 0.1) is 6.61 Å². The standard InChI is InChI=1S/C25H31N5O4/c1-5-34-15-25(23(32)27-24(33)28-25)20-8-6-19(7-9-20)22(31)30-12-10-29(11-13-30)21-17(3)14-16(2)18(4)26-21/h6-9,14H,5,10-13,15H2,1-4H3,(H2,27,28,32,33). The van der Waals surface area contributed by atoms with Crippen LogP contribution < -0.4 is 15.5 Å². The number of carbonyl (C=O) groups excluding carboxylic acids is 3. The molecule has 0 saturated carbocycles. The van der Waals surface area contributed by atoms with Crippen LogP contribution in [0.3, 0.4) is 0 Å². The minimum Gasteiger partial charge on any atom is -0.378 e. The Morgan fingerprint density at radius 2 is 1.74 bits per heavy atom. The van der Waals surface area contributed by atoms with Crippen molar-refractivity contribution in [3.8, 4) is 0 Å². The molecular formula is C25H31N5O4. The summed E-state index contributed by atoms with van der Waals surface area (Å²) in [5.74, 6) is 0.460. The van der Waals surface area contributed by atoms with Gasteiger partial charge < -0.3 is 19.9 Å². The Labute approximate surface area is 199 Å². The summed E-state index contributed by atoms with van der Waals surface area (Å²) in [5.41, 5.74) is 3.15. The van der Waals surface area contributed by atoms with Crippen molar-refractivity contribution in [3.05, 3.63) is 58.3 Å². The predicted octanol–water partition coefficient (Wildman–Crippen LogP) is 2.04. The summed E-state index contributed by atoms with van der Waals surface area (Å²) < 4.78 is 5.48. The molecule has 1 aromatic carbocycles. The minimum atomic E-state index is -1.29. The molecule has 4 amide bonds. The number of urea groups is 1. The zero-order valence-corrected chi connectivity index (χ0v) is 20.1. The van der Waals surface area contributed by atoms with Gasteiger partial charge in [0.1, 0.15) is 5.82 Å². The lowest BCUT2D eigenvalue weighted by Crippen LogP contribution is -2.49. The Balaban J connectivity index is 1.45. The van der Waals surface area contributed by atoms with Crippen LogP contribution in [0.1, 0.15) is 39.7 Å². The van der Waals surface area contributed by atoms with Crippen LogP contribution in [-0.4, -0.2) is 67.1 Å². The fourth-order valence-electron chi connectivity index (χ4n) is 4.49. The van der Waals surface area contributed by atoms with E-state index in [9.17, 15) is 14.4 Å². The second kappa shape index (κ2) is 9.42. The summed E-state index contributed by atoms with van der Waals surface area (Å²) in [6.07, 6.45) is 0. The zero-order valence-electron chi connectivity index (χ0n) is 20.1. The first-order valence-corrected chi connectivity index (χ1v) is 11.6. The lowest BCUT2D eigenvalue weighted by molar-refractivity contribution is -0.126. The number of piperazine rings is 1. The molecule has 0 spiro atoms. The van der Waals surface area contributed by atoms with Gasteiger partial charge in [-0.3, -0.25) is 14.9 Å². The van der Waals surface area contributed by atoms with Crippen molar-refractivity contribution in [3.63, 3.8) is 0 Å². The van der Waals surface area contributed by atoms with Crippen LogP contribution >= 0.6 is 0 Å². The summed E-state index contributed by atoms with van der Waals surface area (Å²) in [4.78, 5) is 46.3. The average Bonchev–Trinajstić information content (AvgIpc) is 3.13. The molecule has 9 nitrogen and oxygen atoms in total. The molecule has 2 fully saturated rings. The van der Waals surface area contributed by atoms with Gasteiger partial charge >= 0.3 is 6.03 Å². The SMILES string of the molecule is CCOCC1(c2ccc(C(=O)N3CCN(c4nc(C)c(C)cc4C)CC3)cc2)NC(=O)NC1=O. The van der Waals surface area contributed by atoms with E-state index >= 15 is 0 Å². The van der Waals surface area contributed by atoms with Gasteiger partial charge in [-0.1, -0.05) is 18.2 Å². The number of anilines is 1. The number of ether oxygens (including phenoxy) is 1. The molecule has 180 valence electrons. The van der Waals surface area contributed by atoms with Gasteiger partial charge in [0, 0.05) is 44.0 Å². The number of nitrogens with zero attached hydrogens (tertiary/aromatic N) is 3. The van der Waals surface area contributed by atoms with Gasteiger partial charge in [-0.05, 0) is 56.5 Å². The first kappa shape index (κ1) is 23.7. The number of aromatic nitrogens is 1. The highest BCUT2D eigenvalue weighted by atomic mass is 16.5. The van der Waals surface area contributed by atoms with Crippen molar-refractivity contribution in [2.75, 3.05) is 44.3 Å². The number of amides is 4. The third-order valence-electron chi connectivity index (χ3n) is 6.59. The Morgan fingerprint density at radius 3 is 2.32 bits per heavy atom. The van der Waals surface area contributed by atoms with Gasteiger partial charge in [-0.15, -0.1) is 0 Å². The largest absolute Gasteiger partial charge is 0.378 e. The number of imide groups is 1. The number of aryl methyl sites for hydroxylation is 3. The van der Waals surface area contributed by atoms with Crippen LogP contribution in [0.5, 0.6) is 0 Å². The number of rotatable bonds is 6. The lowest BCUT2D eigenvalue weighted by atomic mass is 9.90. The van der Waals surface area contributed by atoms with E-state index in [0.717, 1.165) is 17.1 Å². The number of benzene rings is 1. The normalized spacial score (nSPS) is 20.4. The fraction of sp³-hybridized carbons (Fsp3) is 0.440. The fourth-order valence-corrected chi connectivity index (χ4v) is 4.49. The number of nitrogens with one attached hydrogen (secondary N) is 2. The molecule has 1 unspecified atom stereocenters. The van der Waals surface area contributed by atoms with Crippen LogP contribution in [0.15, 0.2) is 30.3 Å². The maximum absolute atomic E-state index is 13.1. The minimum absolute atomic E-state index is 0.0161. The number of pyridine rings is 1. The zero-order chi connectivity index (χ0) is 24.5. The molecule has 3 heterocycles. The van der Waals surface area contributed by atoms with E-state index in [-0.39, 0.29) is 12.5 Å². The van der Waals surface area contributed by atoms with Crippen molar-refractivity contribution in [1.29, 1.82) is 0 Å². The molecule has 2 saturated heterocycles. The third kappa shape index (κ3) is 4.35. The second-order valence-electron chi connectivity index (χ2n) is 8.84. The van der Waals surface area contributed by atoms with E-state index in [1.807, 2.05) is 18.7 Å². The molecule has 0 radical (unpaired) electrons. The van der Waals surface area contributed by atoms with E-state index in [1.165, 1.54) is 5.56 Å². The monoisotopic (exact) mass is 465 g/mol. The van der Waals surface area contributed by atoms with E-state index < -0.39 is 17.5 Å². The van der Waals surface area contributed by atoms with Gasteiger partial charge in [0.25, 0.3) is 11.8 Å². The lowest BCUT2D eigenvalue weighted by Gasteiger charge is -2.36. The first-order chi connectivity index (χ1) is 16.2. The van der Waals surface area contributed by atoms with Crippen molar-refractivity contribution < 1.29 is 19.1 Å². The van der Waals surface area contributed by atoms with Gasteiger partial charge in [-0.2, -0.15) is 0 Å². The van der Waals surface area contributed by atoms with Gasteiger partial charge in [0.2, 0.25) is 0 Å². The van der Waals surface area contributed by atoms with E-state index in [0.29, 0.717) is 43.9 Å². The molecule has 4 rings (SSSR count). The highest BCUT2D eigenvalue weighted by Crippen LogP contribution is 2.27. The van der Waals surface area contributed by atoms with E-state index in [4.69, 9.17) is 9.72 Å². The first-order valence-electron chi connectivity index (χ1n) is 11.6. The van der Waals surface area contributed by atoms with Crippen molar-refractivity contribution in [2.45, 2.75) is 33.2 Å². The van der Waals surface area contributed by atoms with Crippen LogP contribution in [-0.2, 0) is 15.1 Å². The molecule has 0 bridgehead atoms. The number of hydrogen-bond acceptors (Lipinski definition) is 6. The number of carbonyl (C=O) groups is 3. The summed E-state index contributed by atoms with van der Waals surface area (Å²) in [5, 5.41) is 4.96. The van der Waals surface area contributed by atoms with E-state index in [1.54, 1.807) is 24.3 Å². The molecule has 2 aliphatic heterocycles. The summed E-state index contributed by atoms with van der Waals surface area (Å²) in [6.45, 7) is 11.0. The Bertz CT molecular complexity index is 1110. The maximum atomic E-state index is 13.1. The summed E-state index contributed by atoms with van der Waals surface area (Å²) in [6, 6.07) is 8.40. The molecular weight excluding hydrogens is 434 g/mol. The Morgan fingerprint density at radius 1 is 1.06 bits per heavy atom. The van der Waals surface area contributed by atoms with Crippen molar-refractivity contribution >= 4 is 23.7 Å². The highest BCUT2D eigenvalue weighted by Gasteiger charge is 2.48. The molecule has 2 aromatic rings. The maximum Gasteiger partial charge on any atom is 0.322 e. The van der Waals surface area contributed by atoms with Crippen LogP contribution in [0, 0.1) is 20.8 Å². The topological polar surface area (TPSA) is 104 Å². The van der Waals surface area contributed by atoms with Gasteiger partial charge in [0.15, 0.2) is 5.54 Å². The van der Waals surface area contributed by atoms with Crippen molar-refractivity contribution in [1.82, 2.24) is 20.5 Å². The second-order valence-corrected chi connectivity index (χ2v) is 8.84. The molecule has 1 atom stereocenters. The molecule has 0 aliphatic carbocycles. The highest BCUT2D eigenvalue weighted by molar-refractivity contribution is 6.07. The molecule has 2 N–H and O–H groups in total. The molecule has 2 aliphatic rings. The van der Waals surface area contributed by atoms with Crippen LogP contribution in [0.25, 0.3) is 0 Å². The summed E-state index contributed by atoms with van der Waals surface area (Å²) in [7, 11) is 0. The quantitative estimate of drug-likeness (QED) is 0.633. The molecule has 1 aromatic heterocycles. The van der Waals surface area contributed by atoms with Crippen LogP contribution in [0.2, 0.25) is 0 Å². The Hall–Kier alpha value is -3.46. The van der Waals surface area contributed by atoms with Crippen LogP contribution in [0.4, 0.5) is 10.6 Å². The smallest absolute Gasteiger partial charge is 0.322 e. The summed E-state index contributed by atoms with van der Waals surface area (Å²) >= 11 is 0. The number of hydrogen-bond donors (Lipinski definition) is 2. The van der Waals surface area contributed by atoms with Crippen molar-refractivity contribution in [2.24, 2.45) is 0 Å². The van der Waals surface area contributed by atoms with Gasteiger partial charge in [-0.25, -0.2) is 9.78 Å². The third-order valence-corrected chi connectivity index (χ3v) is 6.59. The van der Waals surface area contributed by atoms with E-state index in [2.05, 4.69) is 35.4 Å².